The number of rotatable bonds is 7. The Labute approximate surface area is 198 Å². The molecule has 0 aromatic heterocycles. The number of carbonyl (C=O) groups is 1. The molecule has 0 unspecified atom stereocenters. The predicted octanol–water partition coefficient (Wildman–Crippen LogP) is 5.88. The van der Waals surface area contributed by atoms with E-state index in [1.807, 2.05) is 24.3 Å². The van der Waals surface area contributed by atoms with Gasteiger partial charge >= 0.3 is 0 Å². The summed E-state index contributed by atoms with van der Waals surface area (Å²) in [6, 6.07) is 19.0. The Kier molecular flexibility index (Phi) is 7.11. The zero-order valence-electron chi connectivity index (χ0n) is 18.5. The van der Waals surface area contributed by atoms with Crippen molar-refractivity contribution in [3.05, 3.63) is 106 Å². The first kappa shape index (κ1) is 23.4. The Morgan fingerprint density at radius 2 is 1.39 bits per heavy atom. The number of likely N-dealkylation sites (tertiary alicyclic amines) is 1. The molecule has 0 saturated carbocycles. The molecule has 4 rings (SSSR count). The Morgan fingerprint density at radius 1 is 0.909 bits per heavy atom. The third-order valence-corrected chi connectivity index (χ3v) is 6.77. The van der Waals surface area contributed by atoms with E-state index in [4.69, 9.17) is 11.6 Å². The molecule has 0 bridgehead atoms. The molecule has 3 nitrogen and oxygen atoms in total. The van der Waals surface area contributed by atoms with Crippen LogP contribution in [0, 0.1) is 11.6 Å². The zero-order chi connectivity index (χ0) is 23.4. The molecule has 172 valence electrons. The van der Waals surface area contributed by atoms with E-state index in [1.54, 1.807) is 31.2 Å². The second-order valence-corrected chi connectivity index (χ2v) is 9.16. The molecule has 1 aliphatic heterocycles. The van der Waals surface area contributed by atoms with E-state index >= 15 is 0 Å². The number of halogens is 3. The van der Waals surface area contributed by atoms with Crippen LogP contribution in [0.1, 0.15) is 42.5 Å². The van der Waals surface area contributed by atoms with Crippen LogP contribution in [0.3, 0.4) is 0 Å². The quantitative estimate of drug-likeness (QED) is 0.469. The molecule has 1 fully saturated rings. The molecule has 1 saturated heterocycles. The fourth-order valence-corrected chi connectivity index (χ4v) is 4.58. The van der Waals surface area contributed by atoms with E-state index in [-0.39, 0.29) is 23.6 Å². The molecule has 1 N–H and O–H groups in total. The summed E-state index contributed by atoms with van der Waals surface area (Å²) >= 11 is 6.09. The highest BCUT2D eigenvalue weighted by Crippen LogP contribution is 2.34. The first-order chi connectivity index (χ1) is 15.9. The van der Waals surface area contributed by atoms with Crippen molar-refractivity contribution >= 4 is 17.5 Å². The fourth-order valence-electron chi connectivity index (χ4n) is 4.45. The summed E-state index contributed by atoms with van der Waals surface area (Å²) < 4.78 is 27.3. The SMILES string of the molecule is CC(C(=O)N[C@H](CN1CCCC1)c1ccc(Cl)cc1)(c1ccc(F)cc1)c1ccc(F)cc1. The van der Waals surface area contributed by atoms with Crippen LogP contribution < -0.4 is 5.32 Å². The molecular formula is C27H27ClF2N2O. The topological polar surface area (TPSA) is 32.3 Å². The molecule has 33 heavy (non-hydrogen) atoms. The number of nitrogens with zero attached hydrogens (tertiary/aromatic N) is 1. The molecule has 3 aromatic rings. The normalized spacial score (nSPS) is 15.4. The van der Waals surface area contributed by atoms with Crippen molar-refractivity contribution in [2.75, 3.05) is 19.6 Å². The van der Waals surface area contributed by atoms with Crippen LogP contribution in [0.15, 0.2) is 72.8 Å². The van der Waals surface area contributed by atoms with Gasteiger partial charge in [-0.25, -0.2) is 8.78 Å². The van der Waals surface area contributed by atoms with Gasteiger partial charge < -0.3 is 10.2 Å². The molecule has 6 heteroatoms. The van der Waals surface area contributed by atoms with Crippen LogP contribution in [-0.2, 0) is 10.2 Å². The molecular weight excluding hydrogens is 442 g/mol. The van der Waals surface area contributed by atoms with Gasteiger partial charge in [-0.2, -0.15) is 0 Å². The molecule has 0 aliphatic carbocycles. The lowest BCUT2D eigenvalue weighted by molar-refractivity contribution is -0.125. The van der Waals surface area contributed by atoms with E-state index in [9.17, 15) is 13.6 Å². The third kappa shape index (κ3) is 5.26. The van der Waals surface area contributed by atoms with Crippen LogP contribution in [0.25, 0.3) is 0 Å². The van der Waals surface area contributed by atoms with Crippen molar-refractivity contribution in [2.24, 2.45) is 0 Å². The molecule has 1 amide bonds. The van der Waals surface area contributed by atoms with Crippen molar-refractivity contribution < 1.29 is 13.6 Å². The Balaban J connectivity index is 1.70. The van der Waals surface area contributed by atoms with Gasteiger partial charge in [0.05, 0.1) is 11.5 Å². The van der Waals surface area contributed by atoms with Crippen LogP contribution in [-0.4, -0.2) is 30.4 Å². The largest absolute Gasteiger partial charge is 0.347 e. The number of nitrogens with one attached hydrogen (secondary N) is 1. The van der Waals surface area contributed by atoms with Gasteiger partial charge in [-0.3, -0.25) is 4.79 Å². The van der Waals surface area contributed by atoms with E-state index in [2.05, 4.69) is 10.2 Å². The Morgan fingerprint density at radius 3 is 1.88 bits per heavy atom. The van der Waals surface area contributed by atoms with E-state index in [0.717, 1.165) is 31.5 Å². The van der Waals surface area contributed by atoms with Crippen LogP contribution in [0.2, 0.25) is 5.02 Å². The van der Waals surface area contributed by atoms with Gasteiger partial charge in [0.1, 0.15) is 11.6 Å². The predicted molar refractivity (Wildman–Crippen MR) is 127 cm³/mol. The number of carbonyl (C=O) groups excluding carboxylic acids is 1. The van der Waals surface area contributed by atoms with Crippen molar-refractivity contribution in [2.45, 2.75) is 31.2 Å². The van der Waals surface area contributed by atoms with Gasteiger partial charge in [0.15, 0.2) is 0 Å². The second-order valence-electron chi connectivity index (χ2n) is 8.72. The molecule has 1 aliphatic rings. The van der Waals surface area contributed by atoms with Crippen LogP contribution >= 0.6 is 11.6 Å². The third-order valence-electron chi connectivity index (χ3n) is 6.51. The van der Waals surface area contributed by atoms with Crippen molar-refractivity contribution in [3.8, 4) is 0 Å². The monoisotopic (exact) mass is 468 g/mol. The number of benzene rings is 3. The van der Waals surface area contributed by atoms with Crippen molar-refractivity contribution in [1.29, 1.82) is 0 Å². The highest BCUT2D eigenvalue weighted by Gasteiger charge is 2.38. The first-order valence-electron chi connectivity index (χ1n) is 11.2. The van der Waals surface area contributed by atoms with Gasteiger partial charge in [-0.1, -0.05) is 48.0 Å². The minimum absolute atomic E-state index is 0.236. The average Bonchev–Trinajstić information content (AvgIpc) is 3.33. The van der Waals surface area contributed by atoms with Crippen LogP contribution in [0.4, 0.5) is 8.78 Å². The fraction of sp³-hybridized carbons (Fsp3) is 0.296. The molecule has 3 aromatic carbocycles. The van der Waals surface area contributed by atoms with Gasteiger partial charge in [0.25, 0.3) is 0 Å². The zero-order valence-corrected chi connectivity index (χ0v) is 19.3. The standard InChI is InChI=1S/C27H27ClF2N2O/c1-27(20-6-12-23(29)13-7-20,21-8-14-24(30)15-9-21)26(33)31-25(18-32-16-2-3-17-32)19-4-10-22(28)11-5-19/h4-15,25H,2-3,16-18H2,1H3,(H,31,33)/t25-/m1/s1. The smallest absolute Gasteiger partial charge is 0.235 e. The number of hydrogen-bond acceptors (Lipinski definition) is 2. The maximum Gasteiger partial charge on any atom is 0.235 e. The summed E-state index contributed by atoms with van der Waals surface area (Å²) in [5.41, 5.74) is 1.07. The summed E-state index contributed by atoms with van der Waals surface area (Å²) in [5.74, 6) is -0.998. The first-order valence-corrected chi connectivity index (χ1v) is 11.5. The van der Waals surface area contributed by atoms with E-state index in [1.165, 1.54) is 24.3 Å². The molecule has 1 atom stereocenters. The highest BCUT2D eigenvalue weighted by atomic mass is 35.5. The molecule has 0 spiro atoms. The number of hydrogen-bond donors (Lipinski definition) is 1. The van der Waals surface area contributed by atoms with Crippen molar-refractivity contribution in [3.63, 3.8) is 0 Å². The maximum atomic E-state index is 13.9. The van der Waals surface area contributed by atoms with Crippen molar-refractivity contribution in [1.82, 2.24) is 10.2 Å². The lowest BCUT2D eigenvalue weighted by atomic mass is 9.75. The summed E-state index contributed by atoms with van der Waals surface area (Å²) in [4.78, 5) is 16.3. The summed E-state index contributed by atoms with van der Waals surface area (Å²) in [7, 11) is 0. The summed E-state index contributed by atoms with van der Waals surface area (Å²) in [5, 5.41) is 3.87. The minimum Gasteiger partial charge on any atom is -0.347 e. The Bertz CT molecular complexity index is 1030. The maximum absolute atomic E-state index is 13.9. The van der Waals surface area contributed by atoms with E-state index in [0.29, 0.717) is 22.7 Å². The van der Waals surface area contributed by atoms with E-state index < -0.39 is 5.41 Å². The Hall–Kier alpha value is -2.76. The van der Waals surface area contributed by atoms with Gasteiger partial charge in [0, 0.05) is 11.6 Å². The van der Waals surface area contributed by atoms with Gasteiger partial charge in [-0.15, -0.1) is 0 Å². The minimum atomic E-state index is -1.14. The summed E-state index contributed by atoms with van der Waals surface area (Å²) in [6.07, 6.45) is 2.29. The average molecular weight is 469 g/mol. The number of amides is 1. The molecule has 0 radical (unpaired) electrons. The summed E-state index contributed by atoms with van der Waals surface area (Å²) in [6.45, 7) is 4.45. The van der Waals surface area contributed by atoms with Crippen LogP contribution in [0.5, 0.6) is 0 Å². The van der Waals surface area contributed by atoms with Gasteiger partial charge in [0.2, 0.25) is 5.91 Å². The lowest BCUT2D eigenvalue weighted by Crippen LogP contribution is -2.47. The molecule has 1 heterocycles. The lowest BCUT2D eigenvalue weighted by Gasteiger charge is -2.33. The second kappa shape index (κ2) is 10.0. The van der Waals surface area contributed by atoms with Gasteiger partial charge in [-0.05, 0) is 85.9 Å². The highest BCUT2D eigenvalue weighted by molar-refractivity contribution is 6.30.